The van der Waals surface area contributed by atoms with E-state index in [9.17, 15) is 4.79 Å². The SMILES string of the molecule is C#CC(=O)c1cc2cc(OC)ccc2[nH]1. The van der Waals surface area contributed by atoms with Crippen molar-refractivity contribution in [2.24, 2.45) is 0 Å². The number of aromatic nitrogens is 1. The number of terminal acetylenes is 1. The normalized spacial score (nSPS) is 9.87. The lowest BCUT2D eigenvalue weighted by atomic mass is 10.2. The summed E-state index contributed by atoms with van der Waals surface area (Å²) >= 11 is 0. The van der Waals surface area contributed by atoms with Crippen molar-refractivity contribution in [3.8, 4) is 18.1 Å². The molecular weight excluding hydrogens is 190 g/mol. The third-order valence-electron chi connectivity index (χ3n) is 2.20. The van der Waals surface area contributed by atoms with Crippen LogP contribution >= 0.6 is 0 Å². The van der Waals surface area contributed by atoms with Crippen LogP contribution in [0.15, 0.2) is 24.3 Å². The molecule has 2 aromatic rings. The Kier molecular flexibility index (Phi) is 2.18. The molecule has 1 N–H and O–H groups in total. The standard InChI is InChI=1S/C12H9NO2/c1-3-12(14)11-7-8-6-9(15-2)4-5-10(8)13-11/h1,4-7,13H,2H3. The Bertz CT molecular complexity index is 560. The number of Topliss-reactive ketones (excluding diaryl/α,β-unsaturated/α-hetero) is 1. The molecule has 0 saturated carbocycles. The number of H-pyrrole nitrogens is 1. The quantitative estimate of drug-likeness (QED) is 0.456. The summed E-state index contributed by atoms with van der Waals surface area (Å²) in [5.74, 6) is 2.48. The first-order valence-electron chi connectivity index (χ1n) is 4.42. The Morgan fingerprint density at radius 1 is 1.47 bits per heavy atom. The number of fused-ring (bicyclic) bond motifs is 1. The zero-order valence-corrected chi connectivity index (χ0v) is 8.20. The van der Waals surface area contributed by atoms with E-state index in [0.29, 0.717) is 5.69 Å². The first-order chi connectivity index (χ1) is 7.24. The molecule has 0 atom stereocenters. The van der Waals surface area contributed by atoms with Crippen LogP contribution in [0, 0.1) is 12.3 Å². The first-order valence-corrected chi connectivity index (χ1v) is 4.42. The summed E-state index contributed by atoms with van der Waals surface area (Å²) in [6.45, 7) is 0. The molecule has 0 aliphatic carbocycles. The number of carbonyl (C=O) groups excluding carboxylic acids is 1. The van der Waals surface area contributed by atoms with Gasteiger partial charge in [-0.05, 0) is 30.2 Å². The molecule has 1 heterocycles. The maximum atomic E-state index is 11.2. The van der Waals surface area contributed by atoms with Gasteiger partial charge >= 0.3 is 0 Å². The van der Waals surface area contributed by atoms with E-state index in [1.54, 1.807) is 13.2 Å². The zero-order chi connectivity index (χ0) is 10.8. The molecule has 0 saturated heterocycles. The number of carbonyl (C=O) groups is 1. The summed E-state index contributed by atoms with van der Waals surface area (Å²) in [4.78, 5) is 14.2. The molecule has 0 aliphatic rings. The topological polar surface area (TPSA) is 42.1 Å². The fraction of sp³-hybridized carbons (Fsp3) is 0.0833. The van der Waals surface area contributed by atoms with Gasteiger partial charge < -0.3 is 9.72 Å². The van der Waals surface area contributed by atoms with Crippen LogP contribution in [0.1, 0.15) is 10.5 Å². The lowest BCUT2D eigenvalue weighted by Gasteiger charge is -1.97. The number of hydrogen-bond acceptors (Lipinski definition) is 2. The van der Waals surface area contributed by atoms with E-state index in [4.69, 9.17) is 11.2 Å². The van der Waals surface area contributed by atoms with Gasteiger partial charge in [0.1, 0.15) is 5.75 Å². The Morgan fingerprint density at radius 2 is 2.27 bits per heavy atom. The molecular formula is C12H9NO2. The summed E-state index contributed by atoms with van der Waals surface area (Å²) in [6.07, 6.45) is 5.04. The average Bonchev–Trinajstić information content (AvgIpc) is 2.70. The molecule has 1 aromatic carbocycles. The Labute approximate surface area is 87.1 Å². The van der Waals surface area contributed by atoms with Gasteiger partial charge in [-0.3, -0.25) is 4.79 Å². The van der Waals surface area contributed by atoms with Crippen LogP contribution in [0.25, 0.3) is 10.9 Å². The van der Waals surface area contributed by atoms with Gasteiger partial charge in [0.25, 0.3) is 5.78 Å². The monoisotopic (exact) mass is 199 g/mol. The van der Waals surface area contributed by atoms with E-state index < -0.39 is 0 Å². The highest BCUT2D eigenvalue weighted by Crippen LogP contribution is 2.21. The predicted molar refractivity (Wildman–Crippen MR) is 58.0 cm³/mol. The van der Waals surface area contributed by atoms with Gasteiger partial charge in [-0.1, -0.05) is 0 Å². The van der Waals surface area contributed by atoms with Crippen molar-refractivity contribution in [3.63, 3.8) is 0 Å². The van der Waals surface area contributed by atoms with E-state index in [-0.39, 0.29) is 5.78 Å². The molecule has 0 aliphatic heterocycles. The number of ketones is 1. The van der Waals surface area contributed by atoms with Crippen LogP contribution < -0.4 is 4.74 Å². The summed E-state index contributed by atoms with van der Waals surface area (Å²) in [5, 5.41) is 0.910. The van der Waals surface area contributed by atoms with Crippen LogP contribution in [-0.2, 0) is 0 Å². The second-order valence-corrected chi connectivity index (χ2v) is 3.11. The highest BCUT2D eigenvalue weighted by molar-refractivity contribution is 6.09. The minimum absolute atomic E-state index is 0.342. The minimum Gasteiger partial charge on any atom is -0.497 e. The van der Waals surface area contributed by atoms with Gasteiger partial charge in [0.15, 0.2) is 0 Å². The molecule has 0 radical (unpaired) electrons. The molecule has 3 nitrogen and oxygen atoms in total. The minimum atomic E-state index is -0.342. The van der Waals surface area contributed by atoms with Crippen molar-refractivity contribution in [2.45, 2.75) is 0 Å². The predicted octanol–water partition coefficient (Wildman–Crippen LogP) is 1.99. The number of hydrogen-bond donors (Lipinski definition) is 1. The fourth-order valence-corrected chi connectivity index (χ4v) is 1.44. The second-order valence-electron chi connectivity index (χ2n) is 3.11. The van der Waals surface area contributed by atoms with Crippen molar-refractivity contribution in [3.05, 3.63) is 30.0 Å². The Morgan fingerprint density at radius 3 is 2.93 bits per heavy atom. The lowest BCUT2D eigenvalue weighted by Crippen LogP contribution is -1.93. The van der Waals surface area contributed by atoms with Gasteiger partial charge in [0.2, 0.25) is 0 Å². The molecule has 2 rings (SSSR count). The summed E-state index contributed by atoms with van der Waals surface area (Å²) in [6, 6.07) is 7.24. The summed E-state index contributed by atoms with van der Waals surface area (Å²) in [7, 11) is 1.60. The van der Waals surface area contributed by atoms with Gasteiger partial charge in [0.05, 0.1) is 12.8 Å². The molecule has 74 valence electrons. The van der Waals surface area contributed by atoms with E-state index in [0.717, 1.165) is 16.7 Å². The number of rotatable bonds is 2. The zero-order valence-electron chi connectivity index (χ0n) is 8.20. The number of methoxy groups -OCH3 is 1. The van der Waals surface area contributed by atoms with Crippen molar-refractivity contribution in [1.82, 2.24) is 4.98 Å². The van der Waals surface area contributed by atoms with Crippen LogP contribution in [0.5, 0.6) is 5.75 Å². The van der Waals surface area contributed by atoms with Crippen LogP contribution in [0.4, 0.5) is 0 Å². The first kappa shape index (κ1) is 9.35. The highest BCUT2D eigenvalue weighted by atomic mass is 16.5. The number of benzene rings is 1. The third kappa shape index (κ3) is 1.57. The molecule has 0 amide bonds. The van der Waals surface area contributed by atoms with E-state index in [1.807, 2.05) is 18.2 Å². The van der Waals surface area contributed by atoms with Crippen molar-refractivity contribution in [2.75, 3.05) is 7.11 Å². The van der Waals surface area contributed by atoms with Crippen molar-refractivity contribution in [1.29, 1.82) is 0 Å². The van der Waals surface area contributed by atoms with Gasteiger partial charge in [0, 0.05) is 10.9 Å². The number of aromatic amines is 1. The highest BCUT2D eigenvalue weighted by Gasteiger charge is 2.06. The fourth-order valence-electron chi connectivity index (χ4n) is 1.44. The number of nitrogens with one attached hydrogen (secondary N) is 1. The Hall–Kier alpha value is -2.21. The molecule has 3 heteroatoms. The van der Waals surface area contributed by atoms with Gasteiger partial charge in [-0.15, -0.1) is 6.42 Å². The second kappa shape index (κ2) is 3.50. The Balaban J connectivity index is 2.57. The molecule has 15 heavy (non-hydrogen) atoms. The van der Waals surface area contributed by atoms with Gasteiger partial charge in [-0.2, -0.15) is 0 Å². The van der Waals surface area contributed by atoms with Crippen molar-refractivity contribution < 1.29 is 9.53 Å². The van der Waals surface area contributed by atoms with Gasteiger partial charge in [-0.25, -0.2) is 0 Å². The largest absolute Gasteiger partial charge is 0.497 e. The molecule has 1 aromatic heterocycles. The maximum absolute atomic E-state index is 11.2. The molecule has 0 bridgehead atoms. The average molecular weight is 199 g/mol. The number of ether oxygens (including phenoxy) is 1. The van der Waals surface area contributed by atoms with E-state index in [1.165, 1.54) is 0 Å². The van der Waals surface area contributed by atoms with E-state index >= 15 is 0 Å². The van der Waals surface area contributed by atoms with Crippen molar-refractivity contribution >= 4 is 16.7 Å². The summed E-state index contributed by atoms with van der Waals surface area (Å²) in [5.41, 5.74) is 1.30. The van der Waals surface area contributed by atoms with Crippen LogP contribution in [0.3, 0.4) is 0 Å². The lowest BCUT2D eigenvalue weighted by molar-refractivity contribution is 0.105. The van der Waals surface area contributed by atoms with E-state index in [2.05, 4.69) is 10.9 Å². The van der Waals surface area contributed by atoms with Crippen LogP contribution in [-0.4, -0.2) is 17.9 Å². The molecule has 0 fully saturated rings. The summed E-state index contributed by atoms with van der Waals surface area (Å²) < 4.78 is 5.08. The smallest absolute Gasteiger partial charge is 0.251 e. The maximum Gasteiger partial charge on any atom is 0.251 e. The van der Waals surface area contributed by atoms with Crippen LogP contribution in [0.2, 0.25) is 0 Å². The third-order valence-corrected chi connectivity index (χ3v) is 2.20. The molecule has 0 unspecified atom stereocenters. The molecule has 0 spiro atoms.